The average Bonchev–Trinajstić information content (AvgIpc) is 3.00. The van der Waals surface area contributed by atoms with Gasteiger partial charge in [0.2, 0.25) is 5.91 Å². The van der Waals surface area contributed by atoms with Gasteiger partial charge < -0.3 is 10.0 Å². The fourth-order valence-electron chi connectivity index (χ4n) is 3.60. The van der Waals surface area contributed by atoms with Crippen molar-refractivity contribution in [3.63, 3.8) is 0 Å². The normalized spacial score (nSPS) is 11.5. The number of carbonyl (C=O) groups excluding carboxylic acids is 1. The molecule has 28 heavy (non-hydrogen) atoms. The van der Waals surface area contributed by atoms with E-state index in [0.717, 1.165) is 33.5 Å². The second-order valence-corrected chi connectivity index (χ2v) is 7.34. The zero-order chi connectivity index (χ0) is 20.4. The third kappa shape index (κ3) is 3.83. The molecule has 1 aromatic carbocycles. The lowest BCUT2D eigenvalue weighted by Crippen LogP contribution is -2.38. The first-order valence-electron chi connectivity index (χ1n) is 9.54. The van der Waals surface area contributed by atoms with E-state index >= 15 is 0 Å². The van der Waals surface area contributed by atoms with E-state index in [9.17, 15) is 9.59 Å². The fourth-order valence-corrected chi connectivity index (χ4v) is 3.60. The van der Waals surface area contributed by atoms with Gasteiger partial charge in [0, 0.05) is 35.8 Å². The first-order valence-corrected chi connectivity index (χ1v) is 9.54. The minimum absolute atomic E-state index is 0.0361. The number of carbonyl (C=O) groups is 2. The Morgan fingerprint density at radius 1 is 1.18 bits per heavy atom. The van der Waals surface area contributed by atoms with Crippen LogP contribution in [-0.4, -0.2) is 49.1 Å². The number of carboxylic acid groups (broad SMARTS) is 1. The summed E-state index contributed by atoms with van der Waals surface area (Å²) in [7, 11) is 0. The van der Waals surface area contributed by atoms with Gasteiger partial charge in [-0.2, -0.15) is 5.10 Å². The number of aryl methyl sites for hydroxylation is 2. The van der Waals surface area contributed by atoms with E-state index in [2.05, 4.69) is 5.10 Å². The van der Waals surface area contributed by atoms with Gasteiger partial charge in [-0.3, -0.25) is 9.59 Å². The van der Waals surface area contributed by atoms with Gasteiger partial charge in [0.1, 0.15) is 0 Å². The molecule has 0 atom stereocenters. The summed E-state index contributed by atoms with van der Waals surface area (Å²) in [4.78, 5) is 29.9. The first kappa shape index (κ1) is 19.8. The number of hydrogen-bond acceptors (Lipinski definition) is 4. The molecule has 0 aliphatic rings. The van der Waals surface area contributed by atoms with Crippen LogP contribution < -0.4 is 0 Å². The molecular weight excluding hydrogens is 356 g/mol. The van der Waals surface area contributed by atoms with Crippen molar-refractivity contribution in [2.75, 3.05) is 6.54 Å². The quantitative estimate of drug-likeness (QED) is 0.678. The molecule has 7 heteroatoms. The summed E-state index contributed by atoms with van der Waals surface area (Å²) in [6, 6.07) is 7.86. The molecule has 1 N–H and O–H groups in total. The third-order valence-corrected chi connectivity index (χ3v) is 5.12. The lowest BCUT2D eigenvalue weighted by molar-refractivity contribution is -0.139. The van der Waals surface area contributed by atoms with Crippen LogP contribution >= 0.6 is 0 Å². The Kier molecular flexibility index (Phi) is 5.63. The van der Waals surface area contributed by atoms with E-state index in [1.165, 1.54) is 0 Å². The summed E-state index contributed by atoms with van der Waals surface area (Å²) in [5.41, 5.74) is 4.60. The number of carboxylic acids is 1. The summed E-state index contributed by atoms with van der Waals surface area (Å²) in [6.07, 6.45) is 0.814. The van der Waals surface area contributed by atoms with Crippen LogP contribution in [0.25, 0.3) is 16.6 Å². The molecular formula is C21H26N4O3. The van der Waals surface area contributed by atoms with Gasteiger partial charge in [0.15, 0.2) is 5.65 Å². The molecule has 3 aromatic rings. The zero-order valence-electron chi connectivity index (χ0n) is 16.8. The summed E-state index contributed by atoms with van der Waals surface area (Å²) in [6.45, 7) is 7.99. The maximum absolute atomic E-state index is 12.7. The number of fused-ring (bicyclic) bond motifs is 3. The van der Waals surface area contributed by atoms with E-state index in [4.69, 9.17) is 10.1 Å². The zero-order valence-corrected chi connectivity index (χ0v) is 16.8. The van der Waals surface area contributed by atoms with Crippen LogP contribution in [0.4, 0.5) is 0 Å². The van der Waals surface area contributed by atoms with Gasteiger partial charge in [-0.25, -0.2) is 9.50 Å². The highest BCUT2D eigenvalue weighted by Crippen LogP contribution is 2.23. The molecule has 0 spiro atoms. The topological polar surface area (TPSA) is 87.8 Å². The van der Waals surface area contributed by atoms with Crippen molar-refractivity contribution in [1.29, 1.82) is 0 Å². The van der Waals surface area contributed by atoms with E-state index in [1.54, 1.807) is 4.90 Å². The molecule has 0 fully saturated rings. The van der Waals surface area contributed by atoms with Gasteiger partial charge in [0.25, 0.3) is 0 Å². The lowest BCUT2D eigenvalue weighted by atomic mass is 10.1. The standard InChI is InChI=1S/C21H26N4O3/c1-13(2)24(12-11-20(27)28)19(26)10-9-16-14(3)22-21-17-7-5-6-8-18(17)23-25(21)15(16)4/h5-8,13H,9-12H2,1-4H3,(H,27,28). The highest BCUT2D eigenvalue weighted by atomic mass is 16.4. The Morgan fingerprint density at radius 3 is 2.57 bits per heavy atom. The smallest absolute Gasteiger partial charge is 0.305 e. The van der Waals surface area contributed by atoms with Crippen LogP contribution in [0.15, 0.2) is 24.3 Å². The molecule has 0 aliphatic carbocycles. The summed E-state index contributed by atoms with van der Waals surface area (Å²) < 4.78 is 1.85. The number of nitrogens with zero attached hydrogens (tertiary/aromatic N) is 4. The maximum Gasteiger partial charge on any atom is 0.305 e. The SMILES string of the molecule is Cc1nc2c3ccccc3nn2c(C)c1CCC(=O)N(CCC(=O)O)C(C)C. The van der Waals surface area contributed by atoms with Gasteiger partial charge in [-0.1, -0.05) is 12.1 Å². The molecule has 2 heterocycles. The Bertz CT molecular complexity index is 1040. The van der Waals surface area contributed by atoms with Crippen molar-refractivity contribution in [3.05, 3.63) is 41.2 Å². The number of rotatable bonds is 7. The fraction of sp³-hybridized carbons (Fsp3) is 0.429. The second-order valence-electron chi connectivity index (χ2n) is 7.34. The lowest BCUT2D eigenvalue weighted by Gasteiger charge is -2.26. The molecule has 2 aromatic heterocycles. The third-order valence-electron chi connectivity index (χ3n) is 5.12. The van der Waals surface area contributed by atoms with Crippen molar-refractivity contribution in [1.82, 2.24) is 19.5 Å². The number of amides is 1. The van der Waals surface area contributed by atoms with Crippen LogP contribution in [-0.2, 0) is 16.0 Å². The predicted octanol–water partition coefficient (Wildman–Crippen LogP) is 3.14. The minimum Gasteiger partial charge on any atom is -0.481 e. The Balaban J connectivity index is 1.84. The minimum atomic E-state index is -0.898. The number of aromatic nitrogens is 3. The molecule has 1 amide bonds. The van der Waals surface area contributed by atoms with Gasteiger partial charge in [0.05, 0.1) is 11.9 Å². The monoisotopic (exact) mass is 382 g/mol. The number of benzene rings is 1. The van der Waals surface area contributed by atoms with Crippen LogP contribution in [0.2, 0.25) is 0 Å². The van der Waals surface area contributed by atoms with Crippen molar-refractivity contribution in [2.24, 2.45) is 0 Å². The van der Waals surface area contributed by atoms with E-state index in [0.29, 0.717) is 12.8 Å². The van der Waals surface area contributed by atoms with Gasteiger partial charge >= 0.3 is 5.97 Å². The predicted molar refractivity (Wildman–Crippen MR) is 107 cm³/mol. The largest absolute Gasteiger partial charge is 0.481 e. The van der Waals surface area contributed by atoms with Crippen molar-refractivity contribution < 1.29 is 14.7 Å². The molecule has 0 bridgehead atoms. The van der Waals surface area contributed by atoms with Crippen LogP contribution in [0.5, 0.6) is 0 Å². The molecule has 0 saturated heterocycles. The number of aliphatic carboxylic acids is 1. The Morgan fingerprint density at radius 2 is 1.89 bits per heavy atom. The highest BCUT2D eigenvalue weighted by Gasteiger charge is 2.20. The number of hydrogen-bond donors (Lipinski definition) is 1. The van der Waals surface area contributed by atoms with E-state index in [1.807, 2.05) is 56.5 Å². The molecule has 0 radical (unpaired) electrons. The van der Waals surface area contributed by atoms with Gasteiger partial charge in [-0.15, -0.1) is 0 Å². The van der Waals surface area contributed by atoms with Gasteiger partial charge in [-0.05, 0) is 51.8 Å². The van der Waals surface area contributed by atoms with Crippen molar-refractivity contribution in [2.45, 2.75) is 53.0 Å². The average molecular weight is 382 g/mol. The van der Waals surface area contributed by atoms with Crippen LogP contribution in [0.1, 0.15) is 43.6 Å². The summed E-state index contributed by atoms with van der Waals surface area (Å²) >= 11 is 0. The molecule has 148 valence electrons. The van der Waals surface area contributed by atoms with E-state index in [-0.39, 0.29) is 24.9 Å². The molecule has 0 aliphatic heterocycles. The van der Waals surface area contributed by atoms with Crippen LogP contribution in [0, 0.1) is 13.8 Å². The Hall–Kier alpha value is -2.96. The molecule has 0 saturated carbocycles. The first-order chi connectivity index (χ1) is 13.3. The molecule has 7 nitrogen and oxygen atoms in total. The summed E-state index contributed by atoms with van der Waals surface area (Å²) in [5.74, 6) is -0.939. The molecule has 0 unspecified atom stereocenters. The van der Waals surface area contributed by atoms with Crippen molar-refractivity contribution in [3.8, 4) is 0 Å². The highest BCUT2D eigenvalue weighted by molar-refractivity contribution is 5.92. The van der Waals surface area contributed by atoms with Crippen molar-refractivity contribution >= 4 is 28.4 Å². The second kappa shape index (κ2) is 7.96. The van der Waals surface area contributed by atoms with Crippen LogP contribution in [0.3, 0.4) is 0 Å². The Labute approximate surface area is 164 Å². The van der Waals surface area contributed by atoms with E-state index < -0.39 is 5.97 Å². The molecule has 3 rings (SSSR count). The maximum atomic E-state index is 12.7. The summed E-state index contributed by atoms with van der Waals surface area (Å²) in [5, 5.41) is 14.6.